The molecule has 2 atom stereocenters. The van der Waals surface area contributed by atoms with E-state index in [1.165, 1.54) is 0 Å². The highest BCUT2D eigenvalue weighted by Gasteiger charge is 2.26. The number of nitrogens with two attached hydrogens (primary N) is 1. The Morgan fingerprint density at radius 1 is 1.30 bits per heavy atom. The van der Waals surface area contributed by atoms with Crippen molar-refractivity contribution in [2.75, 3.05) is 16.8 Å². The number of hydrogen-bond donors (Lipinski definition) is 2. The van der Waals surface area contributed by atoms with Gasteiger partial charge in [-0.2, -0.15) is 0 Å². The van der Waals surface area contributed by atoms with E-state index in [2.05, 4.69) is 5.32 Å². The summed E-state index contributed by atoms with van der Waals surface area (Å²) in [6.45, 7) is 2.30. The van der Waals surface area contributed by atoms with Gasteiger partial charge in [0, 0.05) is 36.8 Å². The highest BCUT2D eigenvalue weighted by Crippen LogP contribution is 2.31. The van der Waals surface area contributed by atoms with Crippen molar-refractivity contribution in [2.24, 2.45) is 11.7 Å². The largest absolute Gasteiger partial charge is 0.328 e. The van der Waals surface area contributed by atoms with Crippen molar-refractivity contribution >= 4 is 35.6 Å². The summed E-state index contributed by atoms with van der Waals surface area (Å²) >= 11 is 0. The Hall–Kier alpha value is -1.59. The van der Waals surface area contributed by atoms with E-state index < -0.39 is 0 Å². The lowest BCUT2D eigenvalue weighted by molar-refractivity contribution is -0.121. The summed E-state index contributed by atoms with van der Waals surface area (Å²) in [5.74, 6) is 0.147. The number of amides is 2. The van der Waals surface area contributed by atoms with Crippen LogP contribution in [0.1, 0.15) is 38.2 Å². The number of halogens is 1. The van der Waals surface area contributed by atoms with Gasteiger partial charge in [-0.25, -0.2) is 0 Å². The number of anilines is 2. The molecular formula is C17H24ClN3O2. The maximum Gasteiger partial charge on any atom is 0.227 e. The molecule has 0 bridgehead atoms. The zero-order chi connectivity index (χ0) is 15.7. The van der Waals surface area contributed by atoms with E-state index in [4.69, 9.17) is 5.73 Å². The summed E-state index contributed by atoms with van der Waals surface area (Å²) in [5.41, 5.74) is 8.85. The first-order valence-electron chi connectivity index (χ1n) is 8.02. The van der Waals surface area contributed by atoms with Gasteiger partial charge in [0.1, 0.15) is 0 Å². The fourth-order valence-electron chi connectivity index (χ4n) is 3.52. The van der Waals surface area contributed by atoms with E-state index in [9.17, 15) is 9.59 Å². The van der Waals surface area contributed by atoms with Crippen LogP contribution in [0.5, 0.6) is 0 Å². The first-order valence-corrected chi connectivity index (χ1v) is 8.02. The average Bonchev–Trinajstić information content (AvgIpc) is 2.90. The maximum atomic E-state index is 12.4. The second kappa shape index (κ2) is 7.32. The number of carbonyl (C=O) groups is 2. The first kappa shape index (κ1) is 17.8. The number of nitrogens with zero attached hydrogens (tertiary/aromatic N) is 1. The van der Waals surface area contributed by atoms with Crippen molar-refractivity contribution in [1.29, 1.82) is 0 Å². The molecule has 1 aromatic rings. The van der Waals surface area contributed by atoms with Gasteiger partial charge < -0.3 is 16.0 Å². The molecule has 3 N–H and O–H groups in total. The van der Waals surface area contributed by atoms with Gasteiger partial charge in [-0.15, -0.1) is 12.4 Å². The molecule has 6 heteroatoms. The molecular weight excluding hydrogens is 314 g/mol. The van der Waals surface area contributed by atoms with E-state index in [-0.39, 0.29) is 36.2 Å². The number of nitrogens with one attached hydrogen (secondary N) is 1. The Balaban J connectivity index is 0.00000192. The Morgan fingerprint density at radius 2 is 2.09 bits per heavy atom. The number of hydrogen-bond acceptors (Lipinski definition) is 3. The van der Waals surface area contributed by atoms with Crippen LogP contribution in [-0.4, -0.2) is 24.4 Å². The highest BCUT2D eigenvalue weighted by atomic mass is 35.5. The van der Waals surface area contributed by atoms with Crippen molar-refractivity contribution in [1.82, 2.24) is 0 Å². The van der Waals surface area contributed by atoms with Gasteiger partial charge in [0.15, 0.2) is 0 Å². The summed E-state index contributed by atoms with van der Waals surface area (Å²) in [4.78, 5) is 25.7. The number of benzene rings is 1. The standard InChI is InChI=1S/C17H23N3O2.ClH/c1-11(21)20-8-7-12-10-15(5-6-16(12)20)19-17(22)13-3-2-4-14(18)9-13;/h5-6,10,13-14H,2-4,7-9,18H2,1H3,(H,19,22);1H. The molecule has 2 amide bonds. The van der Waals surface area contributed by atoms with Gasteiger partial charge in [-0.05, 0) is 49.4 Å². The lowest BCUT2D eigenvalue weighted by Crippen LogP contribution is -2.34. The smallest absolute Gasteiger partial charge is 0.227 e. The van der Waals surface area contributed by atoms with E-state index in [1.54, 1.807) is 11.8 Å². The molecule has 23 heavy (non-hydrogen) atoms. The van der Waals surface area contributed by atoms with Gasteiger partial charge in [-0.1, -0.05) is 6.42 Å². The molecule has 1 aliphatic carbocycles. The Morgan fingerprint density at radius 3 is 2.78 bits per heavy atom. The van der Waals surface area contributed by atoms with Crippen LogP contribution in [0.25, 0.3) is 0 Å². The fourth-order valence-corrected chi connectivity index (χ4v) is 3.52. The fraction of sp³-hybridized carbons (Fsp3) is 0.529. The van der Waals surface area contributed by atoms with Crippen molar-refractivity contribution in [3.8, 4) is 0 Å². The molecule has 0 aromatic heterocycles. The molecule has 126 valence electrons. The lowest BCUT2D eigenvalue weighted by Gasteiger charge is -2.25. The monoisotopic (exact) mass is 337 g/mol. The quantitative estimate of drug-likeness (QED) is 0.870. The van der Waals surface area contributed by atoms with Crippen LogP contribution in [-0.2, 0) is 16.0 Å². The Kier molecular flexibility index (Phi) is 5.65. The van der Waals surface area contributed by atoms with Gasteiger partial charge in [0.25, 0.3) is 0 Å². The molecule has 2 aliphatic rings. The molecule has 1 aliphatic heterocycles. The van der Waals surface area contributed by atoms with Gasteiger partial charge >= 0.3 is 0 Å². The summed E-state index contributed by atoms with van der Waals surface area (Å²) < 4.78 is 0. The van der Waals surface area contributed by atoms with E-state index in [1.807, 2.05) is 18.2 Å². The summed E-state index contributed by atoms with van der Waals surface area (Å²) in [6, 6.07) is 5.93. The van der Waals surface area contributed by atoms with Gasteiger partial charge in [0.05, 0.1) is 0 Å². The Bertz CT molecular complexity index is 606. The molecule has 0 spiro atoms. The molecule has 1 fully saturated rings. The van der Waals surface area contributed by atoms with Crippen molar-refractivity contribution in [3.05, 3.63) is 23.8 Å². The van der Waals surface area contributed by atoms with Crippen LogP contribution in [0.4, 0.5) is 11.4 Å². The van der Waals surface area contributed by atoms with E-state index in [0.29, 0.717) is 0 Å². The lowest BCUT2D eigenvalue weighted by atomic mass is 9.85. The van der Waals surface area contributed by atoms with Crippen LogP contribution in [0.2, 0.25) is 0 Å². The molecule has 5 nitrogen and oxygen atoms in total. The third kappa shape index (κ3) is 3.85. The third-order valence-corrected chi connectivity index (χ3v) is 4.71. The van der Waals surface area contributed by atoms with E-state index >= 15 is 0 Å². The van der Waals surface area contributed by atoms with Crippen molar-refractivity contribution < 1.29 is 9.59 Å². The minimum Gasteiger partial charge on any atom is -0.328 e. The highest BCUT2D eigenvalue weighted by molar-refractivity contribution is 5.96. The maximum absolute atomic E-state index is 12.4. The minimum atomic E-state index is 0. The van der Waals surface area contributed by atoms with Crippen LogP contribution in [0.3, 0.4) is 0 Å². The average molecular weight is 338 g/mol. The second-order valence-electron chi connectivity index (χ2n) is 6.38. The number of rotatable bonds is 2. The Labute approximate surface area is 143 Å². The SMILES string of the molecule is CC(=O)N1CCc2cc(NC(=O)C3CCCC(N)C3)ccc21.Cl. The zero-order valence-corrected chi connectivity index (χ0v) is 14.2. The normalized spacial score (nSPS) is 23.0. The predicted molar refractivity (Wildman–Crippen MR) is 94.0 cm³/mol. The number of carbonyl (C=O) groups excluding carboxylic acids is 2. The van der Waals surface area contributed by atoms with Crippen LogP contribution >= 0.6 is 12.4 Å². The molecule has 1 saturated carbocycles. The zero-order valence-electron chi connectivity index (χ0n) is 13.4. The number of fused-ring (bicyclic) bond motifs is 1. The predicted octanol–water partition coefficient (Wildman–Crippen LogP) is 2.47. The summed E-state index contributed by atoms with van der Waals surface area (Å²) in [7, 11) is 0. The molecule has 1 heterocycles. The van der Waals surface area contributed by atoms with Gasteiger partial charge in [0.2, 0.25) is 11.8 Å². The molecule has 3 rings (SSSR count). The third-order valence-electron chi connectivity index (χ3n) is 4.71. The van der Waals surface area contributed by atoms with Crippen molar-refractivity contribution in [2.45, 2.75) is 45.1 Å². The van der Waals surface area contributed by atoms with Crippen LogP contribution in [0, 0.1) is 5.92 Å². The van der Waals surface area contributed by atoms with Gasteiger partial charge in [-0.3, -0.25) is 9.59 Å². The van der Waals surface area contributed by atoms with Crippen molar-refractivity contribution in [3.63, 3.8) is 0 Å². The first-order chi connectivity index (χ1) is 10.5. The molecule has 1 aromatic carbocycles. The summed E-state index contributed by atoms with van der Waals surface area (Å²) in [5, 5.41) is 3.01. The molecule has 0 radical (unpaired) electrons. The second-order valence-corrected chi connectivity index (χ2v) is 6.38. The van der Waals surface area contributed by atoms with Crippen LogP contribution < -0.4 is 16.0 Å². The van der Waals surface area contributed by atoms with Crippen LogP contribution in [0.15, 0.2) is 18.2 Å². The molecule has 0 saturated heterocycles. The minimum absolute atomic E-state index is 0. The summed E-state index contributed by atoms with van der Waals surface area (Å²) in [6.07, 6.45) is 4.57. The van der Waals surface area contributed by atoms with E-state index in [0.717, 1.165) is 55.6 Å². The molecule has 2 unspecified atom stereocenters. The topological polar surface area (TPSA) is 75.4 Å².